The highest BCUT2D eigenvalue weighted by Crippen LogP contribution is 2.27. The molecular weight excluding hydrogens is 258 g/mol. The van der Waals surface area contributed by atoms with Crippen LogP contribution in [0.3, 0.4) is 0 Å². The lowest BCUT2D eigenvalue weighted by Crippen LogP contribution is -1.93. The summed E-state index contributed by atoms with van der Waals surface area (Å²) in [6.07, 6.45) is 3.64. The number of aryl methyl sites for hydroxylation is 2. The lowest BCUT2D eigenvalue weighted by atomic mass is 10.2. The molecular formula is C13H13N5S. The summed E-state index contributed by atoms with van der Waals surface area (Å²) in [5.74, 6) is 0.810. The molecule has 3 aromatic heterocycles. The Kier molecular flexibility index (Phi) is 3.00. The van der Waals surface area contributed by atoms with Crippen molar-refractivity contribution in [3.63, 3.8) is 0 Å². The molecule has 96 valence electrons. The number of nitrogens with one attached hydrogen (secondary N) is 2. The molecule has 3 aromatic rings. The van der Waals surface area contributed by atoms with Crippen LogP contribution in [0.25, 0.3) is 11.3 Å². The molecule has 0 bridgehead atoms. The van der Waals surface area contributed by atoms with Crippen molar-refractivity contribution in [2.24, 2.45) is 0 Å². The number of nitrogens with zero attached hydrogens (tertiary/aromatic N) is 3. The predicted molar refractivity (Wildman–Crippen MR) is 76.7 cm³/mol. The van der Waals surface area contributed by atoms with Crippen LogP contribution in [0.15, 0.2) is 29.9 Å². The van der Waals surface area contributed by atoms with Crippen molar-refractivity contribution >= 4 is 22.3 Å². The fourth-order valence-corrected chi connectivity index (χ4v) is 2.50. The van der Waals surface area contributed by atoms with E-state index in [1.165, 1.54) is 5.56 Å². The Labute approximate surface area is 114 Å². The molecule has 0 spiro atoms. The number of anilines is 2. The van der Waals surface area contributed by atoms with Crippen LogP contribution in [0.1, 0.15) is 11.3 Å². The first-order chi connectivity index (χ1) is 9.22. The predicted octanol–water partition coefficient (Wildman–Crippen LogP) is 3.29. The Hall–Kier alpha value is -2.21. The summed E-state index contributed by atoms with van der Waals surface area (Å²) in [5, 5.41) is 13.0. The van der Waals surface area contributed by atoms with Crippen molar-refractivity contribution in [3.05, 3.63) is 41.2 Å². The van der Waals surface area contributed by atoms with Crippen molar-refractivity contribution in [1.29, 1.82) is 0 Å². The summed E-state index contributed by atoms with van der Waals surface area (Å²) < 4.78 is 0. The number of H-pyrrole nitrogens is 1. The zero-order valence-electron chi connectivity index (χ0n) is 10.6. The first kappa shape index (κ1) is 11.9. The molecule has 6 heteroatoms. The maximum Gasteiger partial charge on any atom is 0.188 e. The van der Waals surface area contributed by atoms with Crippen LogP contribution < -0.4 is 5.32 Å². The first-order valence-electron chi connectivity index (χ1n) is 5.88. The van der Waals surface area contributed by atoms with Crippen molar-refractivity contribution < 1.29 is 0 Å². The lowest BCUT2D eigenvalue weighted by Gasteiger charge is -2.01. The second-order valence-corrected chi connectivity index (χ2v) is 5.12. The van der Waals surface area contributed by atoms with Gasteiger partial charge in [-0.2, -0.15) is 5.10 Å². The summed E-state index contributed by atoms with van der Waals surface area (Å²) in [5.41, 5.74) is 4.07. The van der Waals surface area contributed by atoms with Crippen LogP contribution in [0.2, 0.25) is 0 Å². The Morgan fingerprint density at radius 3 is 2.95 bits per heavy atom. The molecule has 0 saturated heterocycles. The van der Waals surface area contributed by atoms with Crippen LogP contribution in [-0.4, -0.2) is 20.2 Å². The highest BCUT2D eigenvalue weighted by molar-refractivity contribution is 7.14. The summed E-state index contributed by atoms with van der Waals surface area (Å²) in [6.45, 7) is 4.00. The van der Waals surface area contributed by atoms with Crippen LogP contribution in [-0.2, 0) is 0 Å². The first-order valence-corrected chi connectivity index (χ1v) is 6.76. The van der Waals surface area contributed by atoms with Crippen molar-refractivity contribution in [2.45, 2.75) is 13.8 Å². The highest BCUT2D eigenvalue weighted by atomic mass is 32.1. The monoisotopic (exact) mass is 271 g/mol. The molecule has 0 aliphatic carbocycles. The minimum absolute atomic E-state index is 0.810. The van der Waals surface area contributed by atoms with E-state index < -0.39 is 0 Å². The van der Waals surface area contributed by atoms with Crippen LogP contribution in [0.4, 0.5) is 10.9 Å². The van der Waals surface area contributed by atoms with E-state index in [1.54, 1.807) is 17.5 Å². The molecule has 3 rings (SSSR count). The average Bonchev–Trinajstić information content (AvgIpc) is 2.98. The summed E-state index contributed by atoms with van der Waals surface area (Å²) in [6, 6.07) is 3.96. The van der Waals surface area contributed by atoms with Gasteiger partial charge < -0.3 is 5.32 Å². The minimum Gasteiger partial charge on any atom is -0.316 e. The van der Waals surface area contributed by atoms with Gasteiger partial charge >= 0.3 is 0 Å². The Morgan fingerprint density at radius 1 is 1.32 bits per heavy atom. The Morgan fingerprint density at radius 2 is 2.21 bits per heavy atom. The number of hydrogen-bond acceptors (Lipinski definition) is 5. The largest absolute Gasteiger partial charge is 0.316 e. The molecule has 0 aromatic carbocycles. The standard InChI is InChI=1S/C13H13N5S/c1-8-3-4-14-12(5-8)17-13-16-11(7-19-13)10-6-15-18-9(10)2/h3-7H,1-2H3,(H,15,18)(H,14,16,17). The molecule has 5 nitrogen and oxygen atoms in total. The third kappa shape index (κ3) is 2.48. The van der Waals surface area contributed by atoms with Gasteiger partial charge in [0, 0.05) is 23.3 Å². The highest BCUT2D eigenvalue weighted by Gasteiger charge is 2.09. The molecule has 0 unspecified atom stereocenters. The number of thiazole rings is 1. The van der Waals surface area contributed by atoms with Gasteiger partial charge in [0.15, 0.2) is 5.13 Å². The zero-order valence-corrected chi connectivity index (χ0v) is 11.5. The SMILES string of the molecule is Cc1ccnc(Nc2nc(-c3c[nH]nc3C)cs2)c1. The van der Waals surface area contributed by atoms with E-state index in [0.29, 0.717) is 0 Å². The van der Waals surface area contributed by atoms with Crippen molar-refractivity contribution in [2.75, 3.05) is 5.32 Å². The van der Waals surface area contributed by atoms with Gasteiger partial charge in [0.1, 0.15) is 5.82 Å². The summed E-state index contributed by atoms with van der Waals surface area (Å²) >= 11 is 1.55. The molecule has 3 heterocycles. The minimum atomic E-state index is 0.810. The Bertz CT molecular complexity index is 700. The van der Waals surface area contributed by atoms with Crippen molar-refractivity contribution in [3.8, 4) is 11.3 Å². The van der Waals surface area contributed by atoms with E-state index in [0.717, 1.165) is 27.9 Å². The zero-order chi connectivity index (χ0) is 13.2. The molecule has 0 aliphatic rings. The third-order valence-electron chi connectivity index (χ3n) is 2.76. The smallest absolute Gasteiger partial charge is 0.188 e. The second-order valence-electron chi connectivity index (χ2n) is 4.27. The number of hydrogen-bond donors (Lipinski definition) is 2. The lowest BCUT2D eigenvalue weighted by molar-refractivity contribution is 1.05. The molecule has 19 heavy (non-hydrogen) atoms. The number of aromatic nitrogens is 4. The van der Waals surface area contributed by atoms with Crippen LogP contribution in [0.5, 0.6) is 0 Å². The van der Waals surface area contributed by atoms with Gasteiger partial charge in [-0.3, -0.25) is 5.10 Å². The van der Waals surface area contributed by atoms with Crippen molar-refractivity contribution in [1.82, 2.24) is 20.2 Å². The van der Waals surface area contributed by atoms with E-state index in [-0.39, 0.29) is 0 Å². The van der Waals surface area contributed by atoms with Gasteiger partial charge in [-0.05, 0) is 31.5 Å². The molecule has 0 amide bonds. The molecule has 0 fully saturated rings. The van der Waals surface area contributed by atoms with E-state index in [2.05, 4.69) is 25.5 Å². The Balaban J connectivity index is 1.84. The maximum atomic E-state index is 4.55. The average molecular weight is 271 g/mol. The topological polar surface area (TPSA) is 66.5 Å². The molecule has 0 atom stereocenters. The van der Waals surface area contributed by atoms with Gasteiger partial charge in [-0.25, -0.2) is 9.97 Å². The molecule has 0 radical (unpaired) electrons. The van der Waals surface area contributed by atoms with E-state index in [1.807, 2.05) is 37.6 Å². The normalized spacial score (nSPS) is 10.6. The number of pyridine rings is 1. The third-order valence-corrected chi connectivity index (χ3v) is 3.52. The maximum absolute atomic E-state index is 4.55. The van der Waals surface area contributed by atoms with Crippen LogP contribution >= 0.6 is 11.3 Å². The van der Waals surface area contributed by atoms with E-state index in [4.69, 9.17) is 0 Å². The van der Waals surface area contributed by atoms with Crippen LogP contribution in [0, 0.1) is 13.8 Å². The van der Waals surface area contributed by atoms with Gasteiger partial charge in [-0.1, -0.05) is 0 Å². The molecule has 0 saturated carbocycles. The quantitative estimate of drug-likeness (QED) is 0.767. The van der Waals surface area contributed by atoms with Gasteiger partial charge in [-0.15, -0.1) is 11.3 Å². The van der Waals surface area contributed by atoms with E-state index >= 15 is 0 Å². The van der Waals surface area contributed by atoms with E-state index in [9.17, 15) is 0 Å². The van der Waals surface area contributed by atoms with Gasteiger partial charge in [0.2, 0.25) is 0 Å². The molecule has 0 aliphatic heterocycles. The number of aromatic amines is 1. The van der Waals surface area contributed by atoms with Gasteiger partial charge in [0.25, 0.3) is 0 Å². The van der Waals surface area contributed by atoms with Gasteiger partial charge in [0.05, 0.1) is 11.4 Å². The summed E-state index contributed by atoms with van der Waals surface area (Å²) in [4.78, 5) is 8.81. The molecule has 2 N–H and O–H groups in total. The fourth-order valence-electron chi connectivity index (χ4n) is 1.79. The number of rotatable bonds is 3. The fraction of sp³-hybridized carbons (Fsp3) is 0.154. The second kappa shape index (κ2) is 4.81. The summed E-state index contributed by atoms with van der Waals surface area (Å²) in [7, 11) is 0.